The molecule has 0 bridgehead atoms. The number of nitrogens with zero attached hydrogens (tertiary/aromatic N) is 3. The van der Waals surface area contributed by atoms with E-state index in [0.29, 0.717) is 10.6 Å². The Balaban J connectivity index is 2.13. The van der Waals surface area contributed by atoms with Gasteiger partial charge in [0.2, 0.25) is 0 Å². The Kier molecular flexibility index (Phi) is 2.83. The van der Waals surface area contributed by atoms with Crippen LogP contribution in [0.25, 0.3) is 0 Å². The van der Waals surface area contributed by atoms with Crippen LogP contribution in [0.3, 0.4) is 0 Å². The molecule has 17 heavy (non-hydrogen) atoms. The maximum atomic E-state index is 11.7. The number of H-pyrrole nitrogens is 1. The molecule has 2 heterocycles. The van der Waals surface area contributed by atoms with Gasteiger partial charge in [0.1, 0.15) is 10.6 Å². The van der Waals surface area contributed by atoms with E-state index in [-0.39, 0.29) is 11.5 Å². The number of carbonyl (C=O) groups excluding carboxylic acids is 1. The summed E-state index contributed by atoms with van der Waals surface area (Å²) >= 11 is 0.963. The number of hydrogen-bond acceptors (Lipinski definition) is 6. The van der Waals surface area contributed by atoms with Crippen LogP contribution in [0.1, 0.15) is 25.9 Å². The van der Waals surface area contributed by atoms with Gasteiger partial charge in [-0.05, 0) is 18.5 Å². The number of rotatable bonds is 3. The highest BCUT2D eigenvalue weighted by Gasteiger charge is 2.15. The molecule has 0 radical (unpaired) electrons. The maximum absolute atomic E-state index is 11.7. The van der Waals surface area contributed by atoms with Gasteiger partial charge in [0.25, 0.3) is 5.91 Å². The predicted molar refractivity (Wildman–Crippen MR) is 58.1 cm³/mol. The van der Waals surface area contributed by atoms with E-state index >= 15 is 0 Å². The van der Waals surface area contributed by atoms with E-state index in [1.54, 1.807) is 6.92 Å². The summed E-state index contributed by atoms with van der Waals surface area (Å²) in [4.78, 5) is 22.6. The molecule has 0 aliphatic carbocycles. The Hall–Kier alpha value is -2.29. The third-order valence-electron chi connectivity index (χ3n) is 1.91. The summed E-state index contributed by atoms with van der Waals surface area (Å²) in [5.41, 5.74) is 0.418. The number of carbonyl (C=O) groups is 2. The van der Waals surface area contributed by atoms with Crippen molar-refractivity contribution in [2.45, 2.75) is 6.92 Å². The van der Waals surface area contributed by atoms with Crippen LogP contribution < -0.4 is 5.32 Å². The molecule has 0 aliphatic rings. The second-order valence-electron chi connectivity index (χ2n) is 3.11. The Morgan fingerprint density at radius 2 is 2.29 bits per heavy atom. The first-order chi connectivity index (χ1) is 8.08. The van der Waals surface area contributed by atoms with Crippen molar-refractivity contribution >= 4 is 29.2 Å². The number of carboxylic acids is 1. The normalized spacial score (nSPS) is 10.2. The van der Waals surface area contributed by atoms with E-state index in [2.05, 4.69) is 25.1 Å². The molecule has 8 nitrogen and oxygen atoms in total. The standard InChI is InChI=1S/C8H7N5O3S/c1-3-6(17-13-10-3)7(14)9-5-2-4(8(15)16)11-12-5/h2H,1H3,(H,15,16)(H2,9,11,12,14). The molecule has 0 fully saturated rings. The minimum Gasteiger partial charge on any atom is -0.477 e. The number of anilines is 1. The molecule has 9 heteroatoms. The summed E-state index contributed by atoms with van der Waals surface area (Å²) in [5, 5.41) is 20.7. The molecule has 2 aromatic rings. The lowest BCUT2D eigenvalue weighted by Crippen LogP contribution is -2.11. The number of aromatic amines is 1. The van der Waals surface area contributed by atoms with Gasteiger partial charge < -0.3 is 10.4 Å². The fourth-order valence-electron chi connectivity index (χ4n) is 1.11. The number of aromatic carboxylic acids is 1. The summed E-state index contributed by atoms with van der Waals surface area (Å²) in [6.07, 6.45) is 0. The summed E-state index contributed by atoms with van der Waals surface area (Å²) in [7, 11) is 0. The Morgan fingerprint density at radius 1 is 1.53 bits per heavy atom. The number of aromatic nitrogens is 4. The van der Waals surface area contributed by atoms with Gasteiger partial charge >= 0.3 is 5.97 Å². The Bertz CT molecular complexity index is 575. The van der Waals surface area contributed by atoms with E-state index in [1.807, 2.05) is 0 Å². The predicted octanol–water partition coefficient (Wildman–Crippen LogP) is 0.520. The van der Waals surface area contributed by atoms with Crippen LogP contribution in [0, 0.1) is 6.92 Å². The average molecular weight is 253 g/mol. The quantitative estimate of drug-likeness (QED) is 0.733. The second-order valence-corrected chi connectivity index (χ2v) is 3.87. The molecule has 0 saturated heterocycles. The van der Waals surface area contributed by atoms with Crippen molar-refractivity contribution in [1.82, 2.24) is 19.8 Å². The topological polar surface area (TPSA) is 121 Å². The van der Waals surface area contributed by atoms with Gasteiger partial charge in [0.05, 0.1) is 5.69 Å². The molecule has 0 spiro atoms. The first-order valence-electron chi connectivity index (χ1n) is 4.47. The van der Waals surface area contributed by atoms with Crippen LogP contribution >= 0.6 is 11.5 Å². The molecular weight excluding hydrogens is 246 g/mol. The minimum atomic E-state index is -1.14. The van der Waals surface area contributed by atoms with Crippen LogP contribution in [0.4, 0.5) is 5.82 Å². The molecule has 1 amide bonds. The number of aryl methyl sites for hydroxylation is 1. The fourth-order valence-corrected chi connectivity index (χ4v) is 1.66. The third-order valence-corrected chi connectivity index (χ3v) is 2.73. The fraction of sp³-hybridized carbons (Fsp3) is 0.125. The summed E-state index contributed by atoms with van der Waals surface area (Å²) in [6.45, 7) is 1.66. The highest BCUT2D eigenvalue weighted by atomic mass is 32.1. The average Bonchev–Trinajstić information content (AvgIpc) is 2.86. The zero-order valence-electron chi connectivity index (χ0n) is 8.59. The van der Waals surface area contributed by atoms with Crippen molar-refractivity contribution in [3.05, 3.63) is 22.3 Å². The van der Waals surface area contributed by atoms with Gasteiger partial charge in [-0.15, -0.1) is 5.10 Å². The first-order valence-corrected chi connectivity index (χ1v) is 5.24. The van der Waals surface area contributed by atoms with E-state index in [4.69, 9.17) is 5.11 Å². The van der Waals surface area contributed by atoms with Gasteiger partial charge in [-0.1, -0.05) is 4.49 Å². The Labute approximate surface area is 98.8 Å². The van der Waals surface area contributed by atoms with Crippen molar-refractivity contribution < 1.29 is 14.7 Å². The molecule has 3 N–H and O–H groups in total. The van der Waals surface area contributed by atoms with Crippen molar-refractivity contribution in [2.75, 3.05) is 5.32 Å². The summed E-state index contributed by atoms with van der Waals surface area (Å²) in [6, 6.07) is 1.23. The van der Waals surface area contributed by atoms with Crippen molar-refractivity contribution in [3.63, 3.8) is 0 Å². The molecule has 0 unspecified atom stereocenters. The molecule has 0 aromatic carbocycles. The van der Waals surface area contributed by atoms with Gasteiger partial charge in [-0.25, -0.2) is 4.79 Å². The molecule has 0 atom stereocenters. The first kappa shape index (κ1) is 11.2. The minimum absolute atomic E-state index is 0.0977. The lowest BCUT2D eigenvalue weighted by Gasteiger charge is -1.97. The highest BCUT2D eigenvalue weighted by molar-refractivity contribution is 7.08. The van der Waals surface area contributed by atoms with Crippen LogP contribution in [-0.4, -0.2) is 36.8 Å². The van der Waals surface area contributed by atoms with Crippen LogP contribution in [0.5, 0.6) is 0 Å². The largest absolute Gasteiger partial charge is 0.477 e. The molecule has 0 aliphatic heterocycles. The van der Waals surface area contributed by atoms with E-state index in [0.717, 1.165) is 11.5 Å². The van der Waals surface area contributed by atoms with Crippen LogP contribution in [-0.2, 0) is 0 Å². The van der Waals surface area contributed by atoms with E-state index < -0.39 is 11.9 Å². The smallest absolute Gasteiger partial charge is 0.353 e. The molecular formula is C8H7N5O3S. The number of carboxylic acid groups (broad SMARTS) is 1. The Morgan fingerprint density at radius 3 is 2.82 bits per heavy atom. The van der Waals surface area contributed by atoms with Gasteiger partial charge in [-0.3, -0.25) is 9.89 Å². The van der Waals surface area contributed by atoms with Crippen molar-refractivity contribution in [1.29, 1.82) is 0 Å². The second kappa shape index (κ2) is 4.29. The lowest BCUT2D eigenvalue weighted by molar-refractivity contribution is 0.0690. The number of hydrogen-bond donors (Lipinski definition) is 3. The van der Waals surface area contributed by atoms with E-state index in [9.17, 15) is 9.59 Å². The molecule has 88 valence electrons. The zero-order chi connectivity index (χ0) is 12.4. The summed E-state index contributed by atoms with van der Waals surface area (Å²) < 4.78 is 3.63. The van der Waals surface area contributed by atoms with Gasteiger partial charge in [-0.2, -0.15) is 5.10 Å². The number of amides is 1. The van der Waals surface area contributed by atoms with Crippen LogP contribution in [0.15, 0.2) is 6.07 Å². The van der Waals surface area contributed by atoms with Crippen LogP contribution in [0.2, 0.25) is 0 Å². The number of nitrogens with one attached hydrogen (secondary N) is 2. The highest BCUT2D eigenvalue weighted by Crippen LogP contribution is 2.12. The lowest BCUT2D eigenvalue weighted by atomic mass is 10.3. The zero-order valence-corrected chi connectivity index (χ0v) is 9.41. The van der Waals surface area contributed by atoms with Gasteiger partial charge in [0.15, 0.2) is 5.82 Å². The molecule has 0 saturated carbocycles. The van der Waals surface area contributed by atoms with E-state index in [1.165, 1.54) is 6.07 Å². The van der Waals surface area contributed by atoms with Crippen molar-refractivity contribution in [2.24, 2.45) is 0 Å². The third kappa shape index (κ3) is 2.28. The summed E-state index contributed by atoms with van der Waals surface area (Å²) in [5.74, 6) is -1.42. The molecule has 2 rings (SSSR count). The van der Waals surface area contributed by atoms with Crippen molar-refractivity contribution in [3.8, 4) is 0 Å². The SMILES string of the molecule is Cc1nnsc1C(=O)Nc1cc(C(=O)O)[nH]n1. The monoisotopic (exact) mass is 253 g/mol. The van der Waals surface area contributed by atoms with Gasteiger partial charge in [0, 0.05) is 6.07 Å². The maximum Gasteiger partial charge on any atom is 0.353 e. The molecule has 2 aromatic heterocycles.